The van der Waals surface area contributed by atoms with Crippen molar-refractivity contribution in [3.8, 4) is 11.5 Å². The summed E-state index contributed by atoms with van der Waals surface area (Å²) in [5.74, 6) is 0.274. The maximum absolute atomic E-state index is 12.1. The highest BCUT2D eigenvalue weighted by Crippen LogP contribution is 2.25. The predicted molar refractivity (Wildman–Crippen MR) is 98.8 cm³/mol. The molecule has 0 atom stereocenters. The van der Waals surface area contributed by atoms with Crippen LogP contribution in [0.4, 0.5) is 5.69 Å². The van der Waals surface area contributed by atoms with Gasteiger partial charge in [0.2, 0.25) is 0 Å². The summed E-state index contributed by atoms with van der Waals surface area (Å²) in [7, 11) is 3.07. The third-order valence-corrected chi connectivity index (χ3v) is 3.94. The lowest BCUT2D eigenvalue weighted by Crippen LogP contribution is -2.22. The maximum Gasteiger partial charge on any atom is 0.310 e. The van der Waals surface area contributed by atoms with Crippen LogP contribution < -0.4 is 14.8 Å². The first-order valence-electron chi connectivity index (χ1n) is 8.17. The highest BCUT2D eigenvalue weighted by atomic mass is 16.5. The van der Waals surface area contributed by atoms with Crippen molar-refractivity contribution in [1.82, 2.24) is 0 Å². The molecule has 0 fully saturated rings. The van der Waals surface area contributed by atoms with Gasteiger partial charge in [-0.25, -0.2) is 0 Å². The Bertz CT molecular complexity index is 781. The molecule has 2 rings (SSSR count). The maximum atomic E-state index is 12.1. The molecule has 0 saturated carbocycles. The van der Waals surface area contributed by atoms with Crippen molar-refractivity contribution in [3.63, 3.8) is 0 Å². The smallest absolute Gasteiger partial charge is 0.310 e. The SMILES string of the molecule is COc1ccc(CC(=O)OCC(=O)Nc2c(C)cccc2C)c(OC)c1. The Morgan fingerprint density at radius 3 is 2.31 bits per heavy atom. The number of methoxy groups -OCH3 is 2. The second-order valence-corrected chi connectivity index (χ2v) is 5.83. The summed E-state index contributed by atoms with van der Waals surface area (Å²) in [6, 6.07) is 10.9. The third-order valence-electron chi connectivity index (χ3n) is 3.94. The number of amides is 1. The number of ether oxygens (including phenoxy) is 3. The predicted octanol–water partition coefficient (Wildman–Crippen LogP) is 3.05. The van der Waals surface area contributed by atoms with E-state index in [4.69, 9.17) is 14.2 Å². The van der Waals surface area contributed by atoms with E-state index in [1.165, 1.54) is 7.11 Å². The molecule has 0 aromatic heterocycles. The third kappa shape index (κ3) is 4.99. The Balaban J connectivity index is 1.91. The summed E-state index contributed by atoms with van der Waals surface area (Å²) in [5, 5.41) is 2.78. The van der Waals surface area contributed by atoms with E-state index in [1.54, 1.807) is 25.3 Å². The lowest BCUT2D eigenvalue weighted by atomic mass is 10.1. The van der Waals surface area contributed by atoms with Gasteiger partial charge in [0.05, 0.1) is 20.6 Å². The van der Waals surface area contributed by atoms with Crippen molar-refractivity contribution in [2.75, 3.05) is 26.1 Å². The van der Waals surface area contributed by atoms with Crippen molar-refractivity contribution in [2.45, 2.75) is 20.3 Å². The lowest BCUT2D eigenvalue weighted by Gasteiger charge is -2.12. The van der Waals surface area contributed by atoms with Gasteiger partial charge < -0.3 is 19.5 Å². The van der Waals surface area contributed by atoms with E-state index in [2.05, 4.69) is 5.32 Å². The molecule has 0 aliphatic carbocycles. The van der Waals surface area contributed by atoms with Crippen LogP contribution in [0, 0.1) is 13.8 Å². The highest BCUT2D eigenvalue weighted by Gasteiger charge is 2.14. The zero-order chi connectivity index (χ0) is 19.1. The van der Waals surface area contributed by atoms with Gasteiger partial charge in [-0.15, -0.1) is 0 Å². The molecule has 26 heavy (non-hydrogen) atoms. The molecule has 0 aliphatic heterocycles. The number of hydrogen-bond donors (Lipinski definition) is 1. The first-order valence-corrected chi connectivity index (χ1v) is 8.17. The van der Waals surface area contributed by atoms with Crippen molar-refractivity contribution >= 4 is 17.6 Å². The summed E-state index contributed by atoms with van der Waals surface area (Å²) in [4.78, 5) is 24.1. The van der Waals surface area contributed by atoms with E-state index in [0.29, 0.717) is 17.1 Å². The molecule has 138 valence electrons. The average molecular weight is 357 g/mol. The molecular formula is C20H23NO5. The van der Waals surface area contributed by atoms with E-state index >= 15 is 0 Å². The molecule has 0 unspecified atom stereocenters. The van der Waals surface area contributed by atoms with E-state index in [-0.39, 0.29) is 18.9 Å². The van der Waals surface area contributed by atoms with Crippen LogP contribution in [0.3, 0.4) is 0 Å². The van der Waals surface area contributed by atoms with E-state index in [9.17, 15) is 9.59 Å². The summed E-state index contributed by atoms with van der Waals surface area (Å²) < 4.78 is 15.5. The quantitative estimate of drug-likeness (QED) is 0.771. The van der Waals surface area contributed by atoms with Crippen LogP contribution in [0.15, 0.2) is 36.4 Å². The molecule has 6 nitrogen and oxygen atoms in total. The minimum atomic E-state index is -0.509. The molecule has 0 radical (unpaired) electrons. The average Bonchev–Trinajstić information content (AvgIpc) is 2.63. The van der Waals surface area contributed by atoms with Gasteiger partial charge in [0.1, 0.15) is 11.5 Å². The molecule has 0 saturated heterocycles. The van der Waals surface area contributed by atoms with Crippen LogP contribution in [0.1, 0.15) is 16.7 Å². The Morgan fingerprint density at radius 2 is 1.69 bits per heavy atom. The molecule has 0 aliphatic rings. The van der Waals surface area contributed by atoms with Crippen LogP contribution in [0.2, 0.25) is 0 Å². The Hall–Kier alpha value is -3.02. The number of rotatable bonds is 7. The number of anilines is 1. The Kier molecular flexibility index (Phi) is 6.60. The van der Waals surface area contributed by atoms with E-state index in [0.717, 1.165) is 16.8 Å². The number of esters is 1. The molecule has 0 heterocycles. The van der Waals surface area contributed by atoms with Crippen molar-refractivity contribution in [1.29, 1.82) is 0 Å². The van der Waals surface area contributed by atoms with Crippen molar-refractivity contribution in [2.24, 2.45) is 0 Å². The Morgan fingerprint density at radius 1 is 1.00 bits per heavy atom. The van der Waals surface area contributed by atoms with Crippen molar-refractivity contribution < 1.29 is 23.8 Å². The number of nitrogens with one attached hydrogen (secondary N) is 1. The normalized spacial score (nSPS) is 10.2. The highest BCUT2D eigenvalue weighted by molar-refractivity contribution is 5.94. The first-order chi connectivity index (χ1) is 12.4. The van der Waals surface area contributed by atoms with E-state index in [1.807, 2.05) is 32.0 Å². The zero-order valence-corrected chi connectivity index (χ0v) is 15.4. The fourth-order valence-corrected chi connectivity index (χ4v) is 2.54. The molecule has 0 spiro atoms. The molecule has 1 N–H and O–H groups in total. The number of benzene rings is 2. The Labute approximate surface area is 153 Å². The fraction of sp³-hybridized carbons (Fsp3) is 0.300. The monoisotopic (exact) mass is 357 g/mol. The molecule has 2 aromatic rings. The van der Waals surface area contributed by atoms with E-state index < -0.39 is 5.97 Å². The fourth-order valence-electron chi connectivity index (χ4n) is 2.54. The summed E-state index contributed by atoms with van der Waals surface area (Å²) in [6.45, 7) is 3.47. The molecular weight excluding hydrogens is 334 g/mol. The summed E-state index contributed by atoms with van der Waals surface area (Å²) in [5.41, 5.74) is 3.30. The second-order valence-electron chi connectivity index (χ2n) is 5.83. The van der Waals surface area contributed by atoms with Gasteiger partial charge >= 0.3 is 5.97 Å². The minimum Gasteiger partial charge on any atom is -0.497 e. The van der Waals surface area contributed by atoms with Gasteiger partial charge in [-0.3, -0.25) is 9.59 Å². The molecule has 6 heteroatoms. The lowest BCUT2D eigenvalue weighted by molar-refractivity contribution is -0.146. The van der Waals surface area contributed by atoms with Gasteiger partial charge in [-0.1, -0.05) is 24.3 Å². The van der Waals surface area contributed by atoms with Gasteiger partial charge in [0.25, 0.3) is 5.91 Å². The van der Waals surface area contributed by atoms with Gasteiger partial charge in [0, 0.05) is 17.3 Å². The number of carbonyl (C=O) groups is 2. The standard InChI is InChI=1S/C20H23NO5/c1-13-6-5-7-14(2)20(13)21-18(22)12-26-19(23)10-15-8-9-16(24-3)11-17(15)25-4/h5-9,11H,10,12H2,1-4H3,(H,21,22). The van der Waals surface area contributed by atoms with Crippen LogP contribution in [0.25, 0.3) is 0 Å². The summed E-state index contributed by atoms with van der Waals surface area (Å²) in [6.07, 6.45) is 0.00381. The zero-order valence-electron chi connectivity index (χ0n) is 15.4. The molecule has 0 bridgehead atoms. The van der Waals surface area contributed by atoms with Crippen LogP contribution in [0.5, 0.6) is 11.5 Å². The minimum absolute atomic E-state index is 0.00381. The largest absolute Gasteiger partial charge is 0.497 e. The molecule has 1 amide bonds. The van der Waals surface area contributed by atoms with Crippen LogP contribution in [-0.4, -0.2) is 32.7 Å². The molecule has 2 aromatic carbocycles. The number of carbonyl (C=O) groups excluding carboxylic acids is 2. The summed E-state index contributed by atoms with van der Waals surface area (Å²) >= 11 is 0. The van der Waals surface area contributed by atoms with Gasteiger partial charge in [-0.05, 0) is 31.0 Å². The topological polar surface area (TPSA) is 73.9 Å². The van der Waals surface area contributed by atoms with Crippen LogP contribution in [-0.2, 0) is 20.7 Å². The first kappa shape index (κ1) is 19.3. The number of hydrogen-bond acceptors (Lipinski definition) is 5. The number of para-hydroxylation sites is 1. The second kappa shape index (κ2) is 8.89. The van der Waals surface area contributed by atoms with Crippen molar-refractivity contribution in [3.05, 3.63) is 53.1 Å². The van der Waals surface area contributed by atoms with Gasteiger partial charge in [-0.2, -0.15) is 0 Å². The number of aryl methyl sites for hydroxylation is 2. The van der Waals surface area contributed by atoms with Crippen LogP contribution >= 0.6 is 0 Å². The van der Waals surface area contributed by atoms with Gasteiger partial charge in [0.15, 0.2) is 6.61 Å².